The number of aliphatic hydroxyl groups is 3. The third-order valence-electron chi connectivity index (χ3n) is 13.4. The number of carbonyl (C=O) groups excluding carboxylic acids is 3. The van der Waals surface area contributed by atoms with Gasteiger partial charge in [0, 0.05) is 19.3 Å². The summed E-state index contributed by atoms with van der Waals surface area (Å²) in [5.74, 6) is -9.30. The lowest BCUT2D eigenvalue weighted by molar-refractivity contribution is -0.449. The fraction of sp³-hybridized carbons (Fsp3) is 0.947. The minimum Gasteiger partial charge on any atom is -0.458 e. The van der Waals surface area contributed by atoms with Crippen LogP contribution in [-0.2, 0) is 28.6 Å². The molecule has 66 heavy (non-hydrogen) atoms. The van der Waals surface area contributed by atoms with Crippen molar-refractivity contribution in [3.63, 3.8) is 0 Å². The predicted octanol–water partition coefficient (Wildman–Crippen LogP) is 16.7. The Balaban J connectivity index is 4.67. The maximum Gasteiger partial charge on any atom is 0.397 e. The maximum atomic E-state index is 12.9. The van der Waals surface area contributed by atoms with Crippen LogP contribution in [0.1, 0.15) is 329 Å². The van der Waals surface area contributed by atoms with Crippen molar-refractivity contribution < 1.29 is 43.9 Å². The van der Waals surface area contributed by atoms with Crippen LogP contribution in [0.15, 0.2) is 0 Å². The third kappa shape index (κ3) is 42.4. The van der Waals surface area contributed by atoms with Crippen LogP contribution < -0.4 is 0 Å². The molecule has 9 nitrogen and oxygen atoms in total. The first-order chi connectivity index (χ1) is 32.1. The first kappa shape index (κ1) is 64.3. The van der Waals surface area contributed by atoms with E-state index in [0.717, 1.165) is 70.6 Å². The Morgan fingerprint density at radius 1 is 0.288 bits per heavy atom. The van der Waals surface area contributed by atoms with E-state index in [1.165, 1.54) is 199 Å². The number of unbranched alkanes of at least 4 members (excludes halogenated alkanes) is 42. The zero-order valence-electron chi connectivity index (χ0n) is 43.9. The monoisotopic (exact) mass is 939 g/mol. The molecule has 0 saturated carbocycles. The van der Waals surface area contributed by atoms with E-state index in [0.29, 0.717) is 19.3 Å². The van der Waals surface area contributed by atoms with Gasteiger partial charge in [0.2, 0.25) is 0 Å². The van der Waals surface area contributed by atoms with Crippen LogP contribution in [0.25, 0.3) is 0 Å². The molecule has 0 bridgehead atoms. The molecule has 0 aromatic rings. The van der Waals surface area contributed by atoms with Crippen LogP contribution >= 0.6 is 0 Å². The molecule has 0 aliphatic heterocycles. The molecule has 392 valence electrons. The van der Waals surface area contributed by atoms with E-state index in [1.807, 2.05) is 0 Å². The van der Waals surface area contributed by atoms with Crippen molar-refractivity contribution in [2.75, 3.05) is 6.61 Å². The summed E-state index contributed by atoms with van der Waals surface area (Å²) in [4.78, 5) is 38.4. The minimum atomic E-state index is -3.61. The van der Waals surface area contributed by atoms with Gasteiger partial charge in [-0.1, -0.05) is 290 Å². The average molecular weight is 939 g/mol. The fourth-order valence-corrected chi connectivity index (χ4v) is 8.89. The lowest BCUT2D eigenvalue weighted by atomic mass is 10.0. The Morgan fingerprint density at radius 2 is 0.485 bits per heavy atom. The highest BCUT2D eigenvalue weighted by Crippen LogP contribution is 2.27. The summed E-state index contributed by atoms with van der Waals surface area (Å²) in [6, 6.07) is 0. The van der Waals surface area contributed by atoms with Crippen molar-refractivity contribution in [1.29, 1.82) is 0 Å². The molecule has 0 rings (SSSR count). The summed E-state index contributed by atoms with van der Waals surface area (Å²) in [5, 5.41) is 33.2. The molecule has 0 fully saturated rings. The third-order valence-corrected chi connectivity index (χ3v) is 13.4. The molecule has 0 aromatic carbocycles. The van der Waals surface area contributed by atoms with Crippen molar-refractivity contribution >= 4 is 17.9 Å². The molecule has 1 atom stereocenters. The standard InChI is InChI=1S/C57H110O9/c1-4-7-10-13-16-19-22-25-28-31-34-37-40-43-46-49-53(58)64-52-56(61,65-54(59)50-47-44-41-38-35-32-29-26-23-20-17-14-11-8-5-2)57(62,63)66-55(60)51-48-45-42-39-36-33-30-27-24-21-18-15-12-9-6-3/h61-63H,4-52H2,1-3H3. The van der Waals surface area contributed by atoms with E-state index in [4.69, 9.17) is 14.2 Å². The highest BCUT2D eigenvalue weighted by Gasteiger charge is 2.57. The average Bonchev–Trinajstić information content (AvgIpc) is 3.29. The molecule has 0 saturated heterocycles. The van der Waals surface area contributed by atoms with Gasteiger partial charge in [-0.15, -0.1) is 0 Å². The second-order valence-electron chi connectivity index (χ2n) is 20.1. The van der Waals surface area contributed by atoms with Crippen LogP contribution in [0.5, 0.6) is 0 Å². The SMILES string of the molecule is CCCCCCCCCCCCCCCCCC(=O)OCC(O)(OC(=O)CCCCCCCCCCCCCCCCC)C(O)(O)OC(=O)CCCCCCCCCCCCCCCCC. The molecule has 9 heteroatoms. The smallest absolute Gasteiger partial charge is 0.397 e. The highest BCUT2D eigenvalue weighted by molar-refractivity contribution is 5.71. The Morgan fingerprint density at radius 3 is 0.727 bits per heavy atom. The quantitative estimate of drug-likeness (QED) is 0.0235. The number of hydrogen-bond donors (Lipinski definition) is 3. The summed E-state index contributed by atoms with van der Waals surface area (Å²) < 4.78 is 15.4. The fourth-order valence-electron chi connectivity index (χ4n) is 8.89. The molecule has 1 unspecified atom stereocenters. The number of esters is 3. The second kappa shape index (κ2) is 48.3. The van der Waals surface area contributed by atoms with Crippen molar-refractivity contribution in [1.82, 2.24) is 0 Å². The predicted molar refractivity (Wildman–Crippen MR) is 274 cm³/mol. The van der Waals surface area contributed by atoms with Gasteiger partial charge in [-0.05, 0) is 19.3 Å². The number of ether oxygens (including phenoxy) is 3. The van der Waals surface area contributed by atoms with E-state index in [-0.39, 0.29) is 19.3 Å². The van der Waals surface area contributed by atoms with E-state index in [2.05, 4.69) is 20.8 Å². The Bertz CT molecular complexity index is 1060. The molecule has 0 radical (unpaired) electrons. The Labute approximate surface area is 407 Å². The van der Waals surface area contributed by atoms with Crippen molar-refractivity contribution in [3.8, 4) is 0 Å². The van der Waals surface area contributed by atoms with E-state index >= 15 is 0 Å². The first-order valence-corrected chi connectivity index (χ1v) is 28.9. The van der Waals surface area contributed by atoms with E-state index in [1.54, 1.807) is 0 Å². The number of carbonyl (C=O) groups is 3. The summed E-state index contributed by atoms with van der Waals surface area (Å²) in [6.07, 6.45) is 53.2. The molecule has 0 aliphatic rings. The van der Waals surface area contributed by atoms with Crippen molar-refractivity contribution in [2.45, 2.75) is 341 Å². The summed E-state index contributed by atoms with van der Waals surface area (Å²) in [6.45, 7) is 5.68. The summed E-state index contributed by atoms with van der Waals surface area (Å²) in [5.41, 5.74) is 0. The largest absolute Gasteiger partial charge is 0.458 e. The zero-order chi connectivity index (χ0) is 48.5. The molecule has 3 N–H and O–H groups in total. The summed E-state index contributed by atoms with van der Waals surface area (Å²) in [7, 11) is 0. The van der Waals surface area contributed by atoms with Gasteiger partial charge in [-0.3, -0.25) is 14.4 Å². The second-order valence-corrected chi connectivity index (χ2v) is 20.1. The van der Waals surface area contributed by atoms with Crippen LogP contribution in [0, 0.1) is 0 Å². The van der Waals surface area contributed by atoms with Crippen LogP contribution in [0.3, 0.4) is 0 Å². The number of hydrogen-bond acceptors (Lipinski definition) is 9. The topological polar surface area (TPSA) is 140 Å². The van der Waals surface area contributed by atoms with E-state index in [9.17, 15) is 29.7 Å². The molecule has 0 aliphatic carbocycles. The molecular weight excluding hydrogens is 829 g/mol. The maximum absolute atomic E-state index is 12.9. The zero-order valence-corrected chi connectivity index (χ0v) is 43.9. The summed E-state index contributed by atoms with van der Waals surface area (Å²) >= 11 is 0. The van der Waals surface area contributed by atoms with Crippen LogP contribution in [-0.4, -0.2) is 51.6 Å². The van der Waals surface area contributed by atoms with Gasteiger partial charge in [0.1, 0.15) is 0 Å². The Kier molecular flexibility index (Phi) is 47.1. The van der Waals surface area contributed by atoms with Gasteiger partial charge >= 0.3 is 29.7 Å². The van der Waals surface area contributed by atoms with Gasteiger partial charge in [-0.2, -0.15) is 0 Å². The lowest BCUT2D eigenvalue weighted by Crippen LogP contribution is -2.62. The molecule has 0 aromatic heterocycles. The van der Waals surface area contributed by atoms with Gasteiger partial charge in [-0.25, -0.2) is 0 Å². The first-order valence-electron chi connectivity index (χ1n) is 28.9. The van der Waals surface area contributed by atoms with Gasteiger partial charge in [0.25, 0.3) is 0 Å². The van der Waals surface area contributed by atoms with Gasteiger partial charge in [0.15, 0.2) is 6.61 Å². The minimum absolute atomic E-state index is 0.0726. The van der Waals surface area contributed by atoms with E-state index < -0.39 is 36.3 Å². The normalized spacial score (nSPS) is 12.6. The van der Waals surface area contributed by atoms with Crippen molar-refractivity contribution in [3.05, 3.63) is 0 Å². The van der Waals surface area contributed by atoms with Crippen molar-refractivity contribution in [2.24, 2.45) is 0 Å². The lowest BCUT2D eigenvalue weighted by Gasteiger charge is -2.36. The highest BCUT2D eigenvalue weighted by atomic mass is 16.8. The number of rotatable bonds is 53. The van der Waals surface area contributed by atoms with Gasteiger partial charge < -0.3 is 29.5 Å². The van der Waals surface area contributed by atoms with Crippen LogP contribution in [0.2, 0.25) is 0 Å². The Hall–Kier alpha value is -1.71. The molecular formula is C57H110O9. The molecule has 0 amide bonds. The van der Waals surface area contributed by atoms with Crippen LogP contribution in [0.4, 0.5) is 0 Å². The molecule has 0 heterocycles. The van der Waals surface area contributed by atoms with Gasteiger partial charge in [0.05, 0.1) is 0 Å². The molecule has 0 spiro atoms.